The Morgan fingerprint density at radius 2 is 1.70 bits per heavy atom. The number of benzene rings is 2. The zero-order valence-corrected chi connectivity index (χ0v) is 16.1. The molecule has 0 spiro atoms. The Labute approximate surface area is 171 Å². The van der Waals surface area contributed by atoms with Crippen LogP contribution in [0.4, 0.5) is 10.2 Å². The first-order valence-electron chi connectivity index (χ1n) is 9.15. The number of nitrogens with two attached hydrogens (primary N) is 1. The van der Waals surface area contributed by atoms with Crippen molar-refractivity contribution in [2.24, 2.45) is 0 Å². The number of hydrogen-bond acceptors (Lipinski definition) is 5. The molecule has 0 radical (unpaired) electrons. The van der Waals surface area contributed by atoms with Gasteiger partial charge in [0.1, 0.15) is 17.7 Å². The molecule has 154 valence electrons. The van der Waals surface area contributed by atoms with Crippen LogP contribution in [0.1, 0.15) is 28.4 Å². The second-order valence-electron chi connectivity index (χ2n) is 6.75. The normalized spacial score (nSPS) is 11.8. The molecule has 1 heterocycles. The summed E-state index contributed by atoms with van der Waals surface area (Å²) in [5, 5.41) is 11.8. The van der Waals surface area contributed by atoms with Crippen molar-refractivity contribution in [1.29, 1.82) is 0 Å². The van der Waals surface area contributed by atoms with Crippen molar-refractivity contribution in [1.82, 2.24) is 9.88 Å². The van der Waals surface area contributed by atoms with Crippen molar-refractivity contribution >= 4 is 17.6 Å². The number of carbonyl (C=O) groups excluding carboxylic acids is 1. The zero-order valence-electron chi connectivity index (χ0n) is 16.1. The minimum absolute atomic E-state index is 0.0257. The maximum absolute atomic E-state index is 13.1. The van der Waals surface area contributed by atoms with Crippen molar-refractivity contribution in [3.63, 3.8) is 0 Å². The molecule has 0 saturated carbocycles. The Bertz CT molecular complexity index is 1140. The number of anilines is 1. The lowest BCUT2D eigenvalue weighted by atomic mass is 10.0. The fourth-order valence-electron chi connectivity index (χ4n) is 2.89. The lowest BCUT2D eigenvalue weighted by Crippen LogP contribution is -2.33. The second kappa shape index (κ2) is 8.71. The Balaban J connectivity index is 1.90. The van der Waals surface area contributed by atoms with Gasteiger partial charge in [0.05, 0.1) is 11.3 Å². The molecule has 4 N–H and O–H groups in total. The zero-order chi connectivity index (χ0) is 21.8. The molecule has 2 aromatic carbocycles. The fraction of sp³-hybridized carbons (Fsp3) is 0.136. The first kappa shape index (κ1) is 20.9. The summed E-state index contributed by atoms with van der Waals surface area (Å²) in [6.45, 7) is 1.88. The lowest BCUT2D eigenvalue weighted by Gasteiger charge is -2.14. The lowest BCUT2D eigenvalue weighted by molar-refractivity contribution is -0.139. The number of rotatable bonds is 7. The average Bonchev–Trinajstić information content (AvgIpc) is 2.73. The number of nitrogens with zero attached hydrogens (tertiary/aromatic N) is 1. The van der Waals surface area contributed by atoms with Gasteiger partial charge in [-0.15, -0.1) is 0 Å². The quantitative estimate of drug-likeness (QED) is 0.516. The van der Waals surface area contributed by atoms with Crippen molar-refractivity contribution in [3.05, 3.63) is 93.5 Å². The molecule has 8 heteroatoms. The third-order valence-electron chi connectivity index (χ3n) is 4.66. The standard InChI is InChI=1S/C22H20FN3O4/c1-13(22(29)30)25-12-14-2-8-17(9-3-14)26-19(27)11-10-18(21(26)24)20(28)15-4-6-16(23)7-5-15/h2-11,13,25H,12,24H2,1H3,(H,29,30). The number of ketones is 1. The molecule has 3 rings (SSSR count). The molecule has 1 aromatic heterocycles. The van der Waals surface area contributed by atoms with Crippen LogP contribution < -0.4 is 16.6 Å². The van der Waals surface area contributed by atoms with E-state index in [2.05, 4.69) is 5.32 Å². The van der Waals surface area contributed by atoms with Crippen LogP contribution in [-0.2, 0) is 11.3 Å². The minimum Gasteiger partial charge on any atom is -0.480 e. The highest BCUT2D eigenvalue weighted by molar-refractivity contribution is 6.11. The molecule has 0 aliphatic heterocycles. The number of carbonyl (C=O) groups is 2. The van der Waals surface area contributed by atoms with E-state index >= 15 is 0 Å². The van der Waals surface area contributed by atoms with Crippen molar-refractivity contribution < 1.29 is 19.1 Å². The molecule has 0 aliphatic carbocycles. The summed E-state index contributed by atoms with van der Waals surface area (Å²) in [4.78, 5) is 36.1. The largest absolute Gasteiger partial charge is 0.480 e. The molecular weight excluding hydrogens is 389 g/mol. The van der Waals surface area contributed by atoms with Crippen LogP contribution in [0, 0.1) is 5.82 Å². The van der Waals surface area contributed by atoms with E-state index in [9.17, 15) is 18.8 Å². The second-order valence-corrected chi connectivity index (χ2v) is 6.75. The van der Waals surface area contributed by atoms with Gasteiger partial charge in [0.15, 0.2) is 5.78 Å². The highest BCUT2D eigenvalue weighted by atomic mass is 19.1. The average molecular weight is 409 g/mol. The molecule has 30 heavy (non-hydrogen) atoms. The van der Waals surface area contributed by atoms with E-state index in [0.717, 1.165) is 5.56 Å². The van der Waals surface area contributed by atoms with Gasteiger partial charge in [-0.25, -0.2) is 4.39 Å². The summed E-state index contributed by atoms with van der Waals surface area (Å²) in [6.07, 6.45) is 0. The molecule has 1 atom stereocenters. The molecule has 0 amide bonds. The SMILES string of the molecule is CC(NCc1ccc(-n2c(N)c(C(=O)c3ccc(F)cc3)ccc2=O)cc1)C(=O)O. The van der Waals surface area contributed by atoms with Gasteiger partial charge in [0, 0.05) is 18.2 Å². The summed E-state index contributed by atoms with van der Waals surface area (Å²) in [6, 6.07) is 13.8. The van der Waals surface area contributed by atoms with Gasteiger partial charge in [0.25, 0.3) is 5.56 Å². The molecular formula is C22H20FN3O4. The molecule has 0 bridgehead atoms. The topological polar surface area (TPSA) is 114 Å². The smallest absolute Gasteiger partial charge is 0.320 e. The number of halogens is 1. The molecule has 3 aromatic rings. The van der Waals surface area contributed by atoms with Gasteiger partial charge in [-0.3, -0.25) is 19.0 Å². The van der Waals surface area contributed by atoms with Gasteiger partial charge < -0.3 is 16.2 Å². The minimum atomic E-state index is -0.950. The van der Waals surface area contributed by atoms with Crippen LogP contribution in [0.3, 0.4) is 0 Å². The first-order valence-corrected chi connectivity index (χ1v) is 9.15. The van der Waals surface area contributed by atoms with E-state index in [4.69, 9.17) is 10.8 Å². The number of carboxylic acid groups (broad SMARTS) is 1. The number of hydrogen-bond donors (Lipinski definition) is 3. The van der Waals surface area contributed by atoms with E-state index in [1.807, 2.05) is 0 Å². The Morgan fingerprint density at radius 3 is 2.30 bits per heavy atom. The Hall–Kier alpha value is -3.78. The molecule has 0 fully saturated rings. The van der Waals surface area contributed by atoms with E-state index in [1.54, 1.807) is 31.2 Å². The summed E-state index contributed by atoms with van der Waals surface area (Å²) >= 11 is 0. The number of nitrogen functional groups attached to an aromatic ring is 1. The predicted molar refractivity (Wildman–Crippen MR) is 110 cm³/mol. The van der Waals surface area contributed by atoms with Gasteiger partial charge >= 0.3 is 5.97 Å². The van der Waals surface area contributed by atoms with E-state index in [1.165, 1.54) is 41.0 Å². The van der Waals surface area contributed by atoms with Crippen LogP contribution >= 0.6 is 0 Å². The maximum atomic E-state index is 13.1. The summed E-state index contributed by atoms with van der Waals surface area (Å²) in [5.41, 5.74) is 7.39. The molecule has 0 aliphatic rings. The van der Waals surface area contributed by atoms with Crippen molar-refractivity contribution in [3.8, 4) is 5.69 Å². The maximum Gasteiger partial charge on any atom is 0.320 e. The van der Waals surface area contributed by atoms with Crippen molar-refractivity contribution in [2.45, 2.75) is 19.5 Å². The molecule has 0 saturated heterocycles. The van der Waals surface area contributed by atoms with Crippen LogP contribution in [0.2, 0.25) is 0 Å². The van der Waals surface area contributed by atoms with Crippen LogP contribution in [0.15, 0.2) is 65.5 Å². The van der Waals surface area contributed by atoms with E-state index < -0.39 is 29.2 Å². The number of carboxylic acids is 1. The highest BCUT2D eigenvalue weighted by Crippen LogP contribution is 2.19. The van der Waals surface area contributed by atoms with Gasteiger partial charge in [-0.05, 0) is 55.0 Å². The molecule has 1 unspecified atom stereocenters. The van der Waals surface area contributed by atoms with Gasteiger partial charge in [-0.1, -0.05) is 12.1 Å². The summed E-state index contributed by atoms with van der Waals surface area (Å²) < 4.78 is 14.3. The third kappa shape index (κ3) is 4.44. The Kier molecular flexibility index (Phi) is 6.08. The van der Waals surface area contributed by atoms with Crippen LogP contribution in [-0.4, -0.2) is 27.5 Å². The number of nitrogens with one attached hydrogen (secondary N) is 1. The number of aliphatic carboxylic acids is 1. The Morgan fingerprint density at radius 1 is 1.07 bits per heavy atom. The van der Waals surface area contributed by atoms with Crippen molar-refractivity contribution in [2.75, 3.05) is 5.73 Å². The molecule has 7 nitrogen and oxygen atoms in total. The summed E-state index contributed by atoms with van der Waals surface area (Å²) in [7, 11) is 0. The first-order chi connectivity index (χ1) is 14.3. The van der Waals surface area contributed by atoms with Gasteiger partial charge in [-0.2, -0.15) is 0 Å². The van der Waals surface area contributed by atoms with Crippen LogP contribution in [0.5, 0.6) is 0 Å². The predicted octanol–water partition coefficient (Wildman–Crippen LogP) is 2.35. The van der Waals surface area contributed by atoms with Crippen LogP contribution in [0.25, 0.3) is 5.69 Å². The third-order valence-corrected chi connectivity index (χ3v) is 4.66. The summed E-state index contributed by atoms with van der Waals surface area (Å²) in [5.74, 6) is -1.86. The number of pyridine rings is 1. The monoisotopic (exact) mass is 409 g/mol. The highest BCUT2D eigenvalue weighted by Gasteiger charge is 2.17. The number of aromatic nitrogens is 1. The van der Waals surface area contributed by atoms with E-state index in [-0.39, 0.29) is 16.9 Å². The van der Waals surface area contributed by atoms with Gasteiger partial charge in [0.2, 0.25) is 0 Å². The fourth-order valence-corrected chi connectivity index (χ4v) is 2.89. The van der Waals surface area contributed by atoms with E-state index in [0.29, 0.717) is 12.2 Å².